The van der Waals surface area contributed by atoms with Crippen molar-refractivity contribution in [1.29, 1.82) is 0 Å². The van der Waals surface area contributed by atoms with Gasteiger partial charge in [-0.15, -0.1) is 6.54 Å². The quantitative estimate of drug-likeness (QED) is 0.645. The average Bonchev–Trinajstić information content (AvgIpc) is 2.54. The van der Waals surface area contributed by atoms with Gasteiger partial charge in [-0.05, 0) is 23.9 Å². The van der Waals surface area contributed by atoms with Crippen LogP contribution >= 0.6 is 17.9 Å². The predicted octanol–water partition coefficient (Wildman–Crippen LogP) is 3.53. The first-order valence-corrected chi connectivity index (χ1v) is 9.78. The first kappa shape index (κ1) is 19.5. The maximum absolute atomic E-state index is 10.2. The standard InChI is InChI=1S/C16H19NO2P.ClH.Ti/c1-11-6-4-7-12(10-17-2)16(11)20-14-9-5-8-13(19-3)15(14)18;;/h4-9,18,20H,10H2,1-3H3;1H;/q-1;;+2/p-1. The second kappa shape index (κ2) is 10.3. The topological polar surface area (TPSA) is 43.6 Å². The van der Waals surface area contributed by atoms with Crippen LogP contribution in [0.25, 0.3) is 5.32 Å². The van der Waals surface area contributed by atoms with Crippen LogP contribution < -0.4 is 15.3 Å². The van der Waals surface area contributed by atoms with Gasteiger partial charge in [0, 0.05) is 5.30 Å². The Morgan fingerprint density at radius 2 is 1.91 bits per heavy atom. The summed E-state index contributed by atoms with van der Waals surface area (Å²) in [5.41, 5.74) is 2.44. The number of hydrogen-bond donors (Lipinski definition) is 1. The molecule has 116 valence electrons. The van der Waals surface area contributed by atoms with E-state index in [0.29, 0.717) is 20.9 Å². The van der Waals surface area contributed by atoms with Crippen LogP contribution in [0.2, 0.25) is 0 Å². The molecule has 6 heteroatoms. The fourth-order valence-electron chi connectivity index (χ4n) is 2.13. The summed E-state index contributed by atoms with van der Waals surface area (Å²) in [6.45, 7) is 2.80. The van der Waals surface area contributed by atoms with Crippen LogP contribution in [0.1, 0.15) is 11.1 Å². The van der Waals surface area contributed by atoms with Crippen LogP contribution in [0.3, 0.4) is 0 Å². The zero-order chi connectivity index (χ0) is 16.5. The average molecular weight is 372 g/mol. The minimum atomic E-state index is 0.232. The molecule has 2 rings (SSSR count). The number of hydrogen-bond acceptors (Lipinski definition) is 2. The molecule has 0 heterocycles. The molecule has 0 aliphatic carbocycles. The van der Waals surface area contributed by atoms with Gasteiger partial charge in [0.15, 0.2) is 11.5 Å². The van der Waals surface area contributed by atoms with Crippen LogP contribution in [0.15, 0.2) is 36.4 Å². The molecule has 0 spiro atoms. The van der Waals surface area contributed by atoms with Gasteiger partial charge in [-0.25, -0.2) is 0 Å². The molecule has 1 N–H and O–H groups in total. The van der Waals surface area contributed by atoms with Crippen molar-refractivity contribution >= 4 is 28.5 Å². The molecule has 0 saturated heterocycles. The third-order valence-corrected chi connectivity index (χ3v) is 4.80. The van der Waals surface area contributed by atoms with E-state index in [4.69, 9.17) is 4.74 Å². The number of aryl methyl sites for hydroxylation is 1. The van der Waals surface area contributed by atoms with Crippen molar-refractivity contribution in [3.63, 3.8) is 0 Å². The molecule has 0 aliphatic rings. The summed E-state index contributed by atoms with van der Waals surface area (Å²) >= 11 is 1.47. The molecule has 3 nitrogen and oxygen atoms in total. The third-order valence-electron chi connectivity index (χ3n) is 3.17. The Balaban J connectivity index is 0.00000116. The summed E-state index contributed by atoms with van der Waals surface area (Å²) < 4.78 is 5.17. The molecule has 1 unspecified atom stereocenters. The second-order valence-corrected chi connectivity index (χ2v) is 5.85. The number of aromatic hydroxyl groups is 1. The zero-order valence-electron chi connectivity index (χ0n) is 12.9. The van der Waals surface area contributed by atoms with Crippen LogP contribution in [0.4, 0.5) is 0 Å². The first-order valence-electron chi connectivity index (χ1n) is 6.63. The van der Waals surface area contributed by atoms with E-state index in [1.807, 2.05) is 19.2 Å². The third kappa shape index (κ3) is 4.98. The zero-order valence-corrected chi connectivity index (χ0v) is 16.2. The van der Waals surface area contributed by atoms with Gasteiger partial charge in [0.2, 0.25) is 0 Å². The van der Waals surface area contributed by atoms with E-state index in [2.05, 4.69) is 39.7 Å². The van der Waals surface area contributed by atoms with E-state index < -0.39 is 0 Å². The Morgan fingerprint density at radius 3 is 2.55 bits per heavy atom. The van der Waals surface area contributed by atoms with Crippen LogP contribution in [0, 0.1) is 6.92 Å². The number of halogens is 1. The summed E-state index contributed by atoms with van der Waals surface area (Å²) in [4.78, 5) is 0. The van der Waals surface area contributed by atoms with Gasteiger partial charge in [0.25, 0.3) is 0 Å². The Kier molecular flexibility index (Phi) is 9.08. The van der Waals surface area contributed by atoms with Crippen LogP contribution in [-0.4, -0.2) is 19.3 Å². The van der Waals surface area contributed by atoms with Gasteiger partial charge >= 0.3 is 28.7 Å². The summed E-state index contributed by atoms with van der Waals surface area (Å²) in [6, 6.07) is 11.9. The van der Waals surface area contributed by atoms with E-state index in [1.54, 1.807) is 13.2 Å². The monoisotopic (exact) mass is 371 g/mol. The molecule has 0 fully saturated rings. The molecule has 22 heavy (non-hydrogen) atoms. The Bertz CT molecular complexity index is 611. The summed E-state index contributed by atoms with van der Waals surface area (Å²) in [6.07, 6.45) is 0. The van der Waals surface area contributed by atoms with E-state index in [-0.39, 0.29) is 5.75 Å². The SMILES string of the molecule is C[N-]Cc1cccc(C)c1Pc1cccc(OC)c1O.[Cl][Ti+]. The number of phenols is 1. The van der Waals surface area contributed by atoms with Crippen molar-refractivity contribution in [1.82, 2.24) is 0 Å². The van der Waals surface area contributed by atoms with E-state index >= 15 is 0 Å². The number of ether oxygens (including phenoxy) is 1. The molecule has 1 atom stereocenters. The molecule has 0 aliphatic heterocycles. The van der Waals surface area contributed by atoms with Crippen molar-refractivity contribution in [2.24, 2.45) is 0 Å². The van der Waals surface area contributed by atoms with Gasteiger partial charge in [-0.2, -0.15) is 7.05 Å². The van der Waals surface area contributed by atoms with Gasteiger partial charge in [-0.3, -0.25) is 0 Å². The van der Waals surface area contributed by atoms with Gasteiger partial charge < -0.3 is 15.2 Å². The summed E-state index contributed by atoms with van der Waals surface area (Å²) in [5.74, 6) is 0.751. The first-order chi connectivity index (χ1) is 10.7. The van der Waals surface area contributed by atoms with E-state index in [0.717, 1.165) is 5.30 Å². The number of methoxy groups -OCH3 is 1. The van der Waals surface area contributed by atoms with E-state index in [9.17, 15) is 5.11 Å². The summed E-state index contributed by atoms with van der Waals surface area (Å²) in [7, 11) is 8.42. The molecule has 0 amide bonds. The Hall–Kier alpha value is -0.566. The fraction of sp³-hybridized carbons (Fsp3) is 0.250. The van der Waals surface area contributed by atoms with Crippen molar-refractivity contribution in [3.8, 4) is 11.5 Å². The van der Waals surface area contributed by atoms with Gasteiger partial charge in [-0.1, -0.05) is 44.5 Å². The Labute approximate surface area is 149 Å². The van der Waals surface area contributed by atoms with Crippen LogP contribution in [-0.2, 0) is 25.9 Å². The molecular weight excluding hydrogens is 352 g/mol. The van der Waals surface area contributed by atoms with Gasteiger partial charge in [0.05, 0.1) is 7.11 Å². The molecule has 0 bridgehead atoms. The number of nitrogens with zero attached hydrogens (tertiary/aromatic N) is 1. The Morgan fingerprint density at radius 1 is 1.23 bits per heavy atom. The summed E-state index contributed by atoms with van der Waals surface area (Å²) in [5, 5.41) is 16.6. The molecule has 2 aromatic rings. The molecule has 2 aromatic carbocycles. The van der Waals surface area contributed by atoms with Gasteiger partial charge in [0.1, 0.15) is 0 Å². The minimum absolute atomic E-state index is 0.232. The molecule has 0 radical (unpaired) electrons. The fourth-order valence-corrected chi connectivity index (χ4v) is 3.43. The number of phenolic OH excluding ortho intramolecular Hbond substituents is 1. The van der Waals surface area contributed by atoms with Crippen molar-refractivity contribution in [2.45, 2.75) is 13.5 Å². The predicted molar refractivity (Wildman–Crippen MR) is 92.3 cm³/mol. The van der Waals surface area contributed by atoms with Crippen molar-refractivity contribution in [3.05, 3.63) is 52.8 Å². The second-order valence-electron chi connectivity index (χ2n) is 4.56. The molecule has 0 aromatic heterocycles. The van der Waals surface area contributed by atoms with E-state index in [1.165, 1.54) is 35.8 Å². The molecule has 0 saturated carbocycles. The molecular formula is C16H19ClNO2PTi. The normalized spacial score (nSPS) is 10.3. The van der Waals surface area contributed by atoms with Crippen molar-refractivity contribution < 1.29 is 29.2 Å². The van der Waals surface area contributed by atoms with Crippen molar-refractivity contribution in [2.75, 3.05) is 14.2 Å². The number of rotatable bonds is 5. The number of benzene rings is 2. The maximum atomic E-state index is 10.2. The van der Waals surface area contributed by atoms with Crippen LogP contribution in [0.5, 0.6) is 11.5 Å². The number of para-hydroxylation sites is 1.